The van der Waals surface area contributed by atoms with Crippen LogP contribution >= 0.6 is 0 Å². The van der Waals surface area contributed by atoms with Crippen LogP contribution in [-0.4, -0.2) is 61.7 Å². The van der Waals surface area contributed by atoms with Crippen molar-refractivity contribution in [2.75, 3.05) is 33.7 Å². The highest BCUT2D eigenvalue weighted by Crippen LogP contribution is 2.24. The van der Waals surface area contributed by atoms with E-state index < -0.39 is 0 Å². The maximum Gasteiger partial charge on any atom is 0.0254 e. The Morgan fingerprint density at radius 3 is 2.50 bits per heavy atom. The van der Waals surface area contributed by atoms with Gasteiger partial charge in [-0.2, -0.15) is 0 Å². The lowest BCUT2D eigenvalue weighted by atomic mass is 10.1. The smallest absolute Gasteiger partial charge is 0.0254 e. The molecule has 1 heterocycles. The number of likely N-dealkylation sites (N-methyl/N-ethyl adjacent to an activating group) is 1. The molecule has 3 heteroatoms. The highest BCUT2D eigenvalue weighted by molar-refractivity contribution is 4.91. The minimum Gasteiger partial charge on any atom is -0.312 e. The van der Waals surface area contributed by atoms with E-state index in [1.807, 2.05) is 0 Å². The van der Waals surface area contributed by atoms with Crippen LogP contribution in [0.2, 0.25) is 0 Å². The van der Waals surface area contributed by atoms with Gasteiger partial charge in [0.05, 0.1) is 0 Å². The second kappa shape index (κ2) is 6.36. The zero-order valence-corrected chi connectivity index (χ0v) is 12.7. The summed E-state index contributed by atoms with van der Waals surface area (Å²) < 4.78 is 0. The highest BCUT2D eigenvalue weighted by Gasteiger charge is 2.34. The van der Waals surface area contributed by atoms with Crippen LogP contribution in [0.25, 0.3) is 0 Å². The van der Waals surface area contributed by atoms with Crippen LogP contribution in [0.4, 0.5) is 0 Å². The molecular weight excluding hydrogens is 222 g/mol. The SMILES string of the molecule is CCCC(CNC1CC1)N1CC(C)C(N(C)C)C1. The van der Waals surface area contributed by atoms with E-state index in [9.17, 15) is 0 Å². The molecule has 0 bridgehead atoms. The Morgan fingerprint density at radius 2 is 2.00 bits per heavy atom. The Labute approximate surface area is 113 Å². The summed E-state index contributed by atoms with van der Waals surface area (Å²) in [6.45, 7) is 8.45. The summed E-state index contributed by atoms with van der Waals surface area (Å²) in [5.41, 5.74) is 0. The van der Waals surface area contributed by atoms with E-state index in [-0.39, 0.29) is 0 Å². The molecule has 1 aliphatic heterocycles. The molecule has 2 fully saturated rings. The first-order valence-corrected chi connectivity index (χ1v) is 7.75. The summed E-state index contributed by atoms with van der Waals surface area (Å²) in [7, 11) is 4.45. The zero-order chi connectivity index (χ0) is 13.1. The van der Waals surface area contributed by atoms with Gasteiger partial charge in [0, 0.05) is 37.8 Å². The number of rotatable bonds is 7. The van der Waals surface area contributed by atoms with Gasteiger partial charge in [0.2, 0.25) is 0 Å². The van der Waals surface area contributed by atoms with Crippen molar-refractivity contribution in [1.82, 2.24) is 15.1 Å². The third-order valence-corrected chi connectivity index (χ3v) is 4.62. The van der Waals surface area contributed by atoms with Crippen molar-refractivity contribution in [1.29, 1.82) is 0 Å². The Balaban J connectivity index is 1.85. The van der Waals surface area contributed by atoms with E-state index in [0.29, 0.717) is 0 Å². The van der Waals surface area contributed by atoms with E-state index in [1.54, 1.807) is 0 Å². The number of hydrogen-bond acceptors (Lipinski definition) is 3. The van der Waals surface area contributed by atoms with E-state index >= 15 is 0 Å². The van der Waals surface area contributed by atoms with Gasteiger partial charge in [0.1, 0.15) is 0 Å². The molecule has 1 aliphatic carbocycles. The van der Waals surface area contributed by atoms with Gasteiger partial charge in [-0.05, 0) is 39.3 Å². The third-order valence-electron chi connectivity index (χ3n) is 4.62. The molecule has 0 aromatic heterocycles. The average molecular weight is 253 g/mol. The molecule has 3 nitrogen and oxygen atoms in total. The Kier molecular flexibility index (Phi) is 5.05. The molecule has 1 N–H and O–H groups in total. The molecule has 0 amide bonds. The molecule has 0 aromatic rings. The molecule has 0 radical (unpaired) electrons. The molecule has 106 valence electrons. The first kappa shape index (κ1) is 14.3. The molecule has 1 saturated heterocycles. The van der Waals surface area contributed by atoms with E-state index in [4.69, 9.17) is 0 Å². The average Bonchev–Trinajstić information content (AvgIpc) is 3.06. The predicted molar refractivity (Wildman–Crippen MR) is 77.9 cm³/mol. The maximum atomic E-state index is 3.72. The third kappa shape index (κ3) is 3.69. The lowest BCUT2D eigenvalue weighted by Crippen LogP contribution is -2.43. The number of nitrogens with zero attached hydrogens (tertiary/aromatic N) is 2. The molecule has 2 aliphatic rings. The summed E-state index contributed by atoms with van der Waals surface area (Å²) in [5, 5.41) is 3.72. The Hall–Kier alpha value is -0.120. The van der Waals surface area contributed by atoms with Gasteiger partial charge in [-0.1, -0.05) is 20.3 Å². The topological polar surface area (TPSA) is 18.5 Å². The van der Waals surface area contributed by atoms with Crippen LogP contribution < -0.4 is 5.32 Å². The molecule has 0 spiro atoms. The fraction of sp³-hybridized carbons (Fsp3) is 1.00. The second-order valence-electron chi connectivity index (χ2n) is 6.59. The van der Waals surface area contributed by atoms with Crippen LogP contribution in [0.15, 0.2) is 0 Å². The van der Waals surface area contributed by atoms with Crippen molar-refractivity contribution in [3.63, 3.8) is 0 Å². The summed E-state index contributed by atoms with van der Waals surface area (Å²) in [4.78, 5) is 5.14. The number of hydrogen-bond donors (Lipinski definition) is 1. The van der Waals surface area contributed by atoms with Gasteiger partial charge in [-0.25, -0.2) is 0 Å². The molecule has 3 atom stereocenters. The summed E-state index contributed by atoms with van der Waals surface area (Å²) in [5.74, 6) is 0.806. The van der Waals surface area contributed by atoms with Gasteiger partial charge < -0.3 is 10.2 Å². The Morgan fingerprint density at radius 1 is 1.28 bits per heavy atom. The first-order chi connectivity index (χ1) is 8.61. The van der Waals surface area contributed by atoms with Gasteiger partial charge in [-0.3, -0.25) is 4.90 Å². The normalized spacial score (nSPS) is 31.2. The lowest BCUT2D eigenvalue weighted by Gasteiger charge is -2.29. The van der Waals surface area contributed by atoms with Gasteiger partial charge in [-0.15, -0.1) is 0 Å². The molecule has 1 saturated carbocycles. The van der Waals surface area contributed by atoms with Crippen molar-refractivity contribution < 1.29 is 0 Å². The highest BCUT2D eigenvalue weighted by atomic mass is 15.3. The second-order valence-corrected chi connectivity index (χ2v) is 6.59. The van der Waals surface area contributed by atoms with Crippen LogP contribution in [0.5, 0.6) is 0 Å². The summed E-state index contributed by atoms with van der Waals surface area (Å²) in [6.07, 6.45) is 5.44. The minimum atomic E-state index is 0.741. The van der Waals surface area contributed by atoms with Crippen molar-refractivity contribution in [3.8, 4) is 0 Å². The van der Waals surface area contributed by atoms with Crippen molar-refractivity contribution in [2.24, 2.45) is 5.92 Å². The van der Waals surface area contributed by atoms with Crippen LogP contribution in [0.3, 0.4) is 0 Å². The first-order valence-electron chi connectivity index (χ1n) is 7.75. The van der Waals surface area contributed by atoms with E-state index in [2.05, 4.69) is 43.1 Å². The lowest BCUT2D eigenvalue weighted by molar-refractivity contribution is 0.200. The van der Waals surface area contributed by atoms with E-state index in [1.165, 1.54) is 45.3 Å². The number of likely N-dealkylation sites (tertiary alicyclic amines) is 1. The quantitative estimate of drug-likeness (QED) is 0.746. The minimum absolute atomic E-state index is 0.741. The predicted octanol–water partition coefficient (Wildman–Crippen LogP) is 1.79. The largest absolute Gasteiger partial charge is 0.312 e. The standard InChI is InChI=1S/C15H31N3/c1-5-6-14(9-16-13-7-8-13)18-10-12(2)15(11-18)17(3)4/h12-16H,5-11H2,1-4H3. The fourth-order valence-corrected chi connectivity index (χ4v) is 3.29. The van der Waals surface area contributed by atoms with Crippen molar-refractivity contribution in [3.05, 3.63) is 0 Å². The number of nitrogens with one attached hydrogen (secondary N) is 1. The zero-order valence-electron chi connectivity index (χ0n) is 12.7. The molecule has 3 unspecified atom stereocenters. The van der Waals surface area contributed by atoms with Crippen molar-refractivity contribution >= 4 is 0 Å². The van der Waals surface area contributed by atoms with E-state index in [0.717, 1.165) is 24.0 Å². The maximum absolute atomic E-state index is 3.72. The Bertz CT molecular complexity index is 250. The monoisotopic (exact) mass is 253 g/mol. The van der Waals surface area contributed by atoms with Gasteiger partial charge >= 0.3 is 0 Å². The van der Waals surface area contributed by atoms with Crippen LogP contribution in [0, 0.1) is 5.92 Å². The van der Waals surface area contributed by atoms with Gasteiger partial charge in [0.25, 0.3) is 0 Å². The van der Waals surface area contributed by atoms with Crippen LogP contribution in [0.1, 0.15) is 39.5 Å². The molecule has 0 aromatic carbocycles. The molecular formula is C15H31N3. The fourth-order valence-electron chi connectivity index (χ4n) is 3.29. The van der Waals surface area contributed by atoms with Crippen LogP contribution in [-0.2, 0) is 0 Å². The van der Waals surface area contributed by atoms with Gasteiger partial charge in [0.15, 0.2) is 0 Å². The molecule has 2 rings (SSSR count). The summed E-state index contributed by atoms with van der Waals surface area (Å²) >= 11 is 0. The molecule has 18 heavy (non-hydrogen) atoms. The van der Waals surface area contributed by atoms with Crippen molar-refractivity contribution in [2.45, 2.75) is 57.7 Å². The summed E-state index contributed by atoms with van der Waals surface area (Å²) in [6, 6.07) is 2.34.